The van der Waals surface area contributed by atoms with E-state index >= 15 is 0 Å². The molecule has 0 aromatic heterocycles. The van der Waals surface area contributed by atoms with Gasteiger partial charge in [0.1, 0.15) is 5.82 Å². The van der Waals surface area contributed by atoms with E-state index in [1.807, 2.05) is 32.9 Å². The van der Waals surface area contributed by atoms with Gasteiger partial charge in [0.05, 0.1) is 10.0 Å². The minimum Gasteiger partial charge on any atom is -0.288 e. The third kappa shape index (κ3) is 2.83. The van der Waals surface area contributed by atoms with Crippen molar-refractivity contribution >= 4 is 21.7 Å². The number of carbonyl (C=O) groups is 1. The normalized spacial score (nSPS) is 11.4. The van der Waals surface area contributed by atoms with Crippen LogP contribution in [0.1, 0.15) is 42.3 Å². The second kappa shape index (κ2) is 5.49. The van der Waals surface area contributed by atoms with Crippen molar-refractivity contribution in [2.75, 3.05) is 0 Å². The van der Waals surface area contributed by atoms with Gasteiger partial charge in [-0.1, -0.05) is 51.1 Å². The number of rotatable bonds is 2. The van der Waals surface area contributed by atoms with E-state index in [1.54, 1.807) is 24.3 Å². The largest absolute Gasteiger partial charge is 0.288 e. The van der Waals surface area contributed by atoms with Crippen LogP contribution in [0.3, 0.4) is 0 Å². The first-order valence-corrected chi connectivity index (χ1v) is 7.20. The molecule has 0 radical (unpaired) electrons. The number of hydrogen-bond acceptors (Lipinski definition) is 1. The first-order valence-electron chi connectivity index (χ1n) is 6.40. The first-order chi connectivity index (χ1) is 9.32. The molecule has 20 heavy (non-hydrogen) atoms. The Balaban J connectivity index is 2.58. The van der Waals surface area contributed by atoms with Crippen LogP contribution in [0.5, 0.6) is 0 Å². The lowest BCUT2D eigenvalue weighted by atomic mass is 9.82. The van der Waals surface area contributed by atoms with Crippen molar-refractivity contribution in [1.29, 1.82) is 0 Å². The molecule has 0 aliphatic carbocycles. The summed E-state index contributed by atoms with van der Waals surface area (Å²) in [6, 6.07) is 12.1. The van der Waals surface area contributed by atoms with Crippen LogP contribution in [0, 0.1) is 5.82 Å². The van der Waals surface area contributed by atoms with Crippen molar-refractivity contribution in [3.05, 3.63) is 69.4 Å². The van der Waals surface area contributed by atoms with Crippen molar-refractivity contribution in [3.8, 4) is 0 Å². The zero-order chi connectivity index (χ0) is 14.9. The van der Waals surface area contributed by atoms with E-state index in [0.29, 0.717) is 10.0 Å². The van der Waals surface area contributed by atoms with Gasteiger partial charge in [-0.05, 0) is 39.0 Å². The van der Waals surface area contributed by atoms with Gasteiger partial charge in [-0.2, -0.15) is 0 Å². The van der Waals surface area contributed by atoms with E-state index in [9.17, 15) is 9.18 Å². The quantitative estimate of drug-likeness (QED) is 0.697. The summed E-state index contributed by atoms with van der Waals surface area (Å²) in [5, 5.41) is 0. The summed E-state index contributed by atoms with van der Waals surface area (Å²) in [6.07, 6.45) is 0. The van der Waals surface area contributed by atoms with Crippen LogP contribution in [0.15, 0.2) is 46.9 Å². The van der Waals surface area contributed by atoms with Crippen molar-refractivity contribution in [2.45, 2.75) is 26.2 Å². The average molecular weight is 335 g/mol. The van der Waals surface area contributed by atoms with Crippen LogP contribution in [0.25, 0.3) is 0 Å². The van der Waals surface area contributed by atoms with Gasteiger partial charge in [0.15, 0.2) is 5.78 Å². The lowest BCUT2D eigenvalue weighted by Gasteiger charge is -2.22. The molecule has 0 aliphatic heterocycles. The summed E-state index contributed by atoms with van der Waals surface area (Å²) in [5.41, 5.74) is 1.40. The smallest absolute Gasteiger partial charge is 0.196 e. The van der Waals surface area contributed by atoms with Gasteiger partial charge in [-0.3, -0.25) is 4.79 Å². The zero-order valence-corrected chi connectivity index (χ0v) is 13.3. The van der Waals surface area contributed by atoms with Gasteiger partial charge in [0, 0.05) is 5.56 Å². The number of benzene rings is 2. The minimum absolute atomic E-state index is 0.0936. The Morgan fingerprint density at radius 2 is 1.60 bits per heavy atom. The van der Waals surface area contributed by atoms with Crippen molar-refractivity contribution < 1.29 is 9.18 Å². The molecule has 0 spiro atoms. The monoisotopic (exact) mass is 334 g/mol. The highest BCUT2D eigenvalue weighted by Gasteiger charge is 2.23. The SMILES string of the molecule is CC(C)(C)c1ccccc1C(=O)c1cccc(Br)c1F. The van der Waals surface area contributed by atoms with E-state index in [1.165, 1.54) is 6.07 Å². The lowest BCUT2D eigenvalue weighted by Crippen LogP contribution is -2.18. The molecule has 0 N–H and O–H groups in total. The first kappa shape index (κ1) is 14.9. The van der Waals surface area contributed by atoms with Crippen LogP contribution in [0.2, 0.25) is 0 Å². The van der Waals surface area contributed by atoms with Gasteiger partial charge < -0.3 is 0 Å². The summed E-state index contributed by atoms with van der Waals surface area (Å²) in [5.74, 6) is -0.796. The van der Waals surface area contributed by atoms with E-state index in [-0.39, 0.29) is 16.8 Å². The Morgan fingerprint density at radius 1 is 1.00 bits per heavy atom. The summed E-state index contributed by atoms with van der Waals surface area (Å²) >= 11 is 3.12. The second-order valence-corrected chi connectivity index (χ2v) is 6.58. The summed E-state index contributed by atoms with van der Waals surface area (Å²) < 4.78 is 14.4. The number of ketones is 1. The molecule has 0 atom stereocenters. The molecule has 1 nitrogen and oxygen atoms in total. The van der Waals surface area contributed by atoms with Gasteiger partial charge in [-0.25, -0.2) is 4.39 Å². The van der Waals surface area contributed by atoms with Crippen LogP contribution >= 0.6 is 15.9 Å². The van der Waals surface area contributed by atoms with E-state index < -0.39 is 5.82 Å². The summed E-state index contributed by atoms with van der Waals surface area (Å²) in [6.45, 7) is 6.11. The van der Waals surface area contributed by atoms with Crippen LogP contribution in [0.4, 0.5) is 4.39 Å². The maximum absolute atomic E-state index is 14.1. The highest BCUT2D eigenvalue weighted by Crippen LogP contribution is 2.29. The van der Waals surface area contributed by atoms with Crippen LogP contribution < -0.4 is 0 Å². The standard InChI is InChI=1S/C17H16BrFO/c1-17(2,3)13-9-5-4-7-11(13)16(20)12-8-6-10-14(18)15(12)19/h4-10H,1-3H3. The Kier molecular flexibility index (Phi) is 4.09. The molecule has 2 aromatic rings. The Bertz CT molecular complexity index is 656. The Hall–Kier alpha value is -1.48. The van der Waals surface area contributed by atoms with Gasteiger partial charge in [0.2, 0.25) is 0 Å². The molecule has 0 fully saturated rings. The molecule has 3 heteroatoms. The molecule has 0 unspecified atom stereocenters. The maximum atomic E-state index is 14.1. The molecule has 0 aliphatic rings. The topological polar surface area (TPSA) is 17.1 Å². The molecule has 104 valence electrons. The fourth-order valence-corrected chi connectivity index (χ4v) is 2.53. The fraction of sp³-hybridized carbons (Fsp3) is 0.235. The van der Waals surface area contributed by atoms with Gasteiger partial charge in [0.25, 0.3) is 0 Å². The highest BCUT2D eigenvalue weighted by atomic mass is 79.9. The summed E-state index contributed by atoms with van der Waals surface area (Å²) in [4.78, 5) is 12.6. The molecule has 2 rings (SSSR count). The second-order valence-electron chi connectivity index (χ2n) is 5.73. The molecule has 0 saturated heterocycles. The average Bonchev–Trinajstić information content (AvgIpc) is 2.40. The van der Waals surface area contributed by atoms with Crippen molar-refractivity contribution in [1.82, 2.24) is 0 Å². The molecule has 0 heterocycles. The molecule has 0 bridgehead atoms. The third-order valence-corrected chi connectivity index (χ3v) is 3.79. The van der Waals surface area contributed by atoms with Crippen molar-refractivity contribution in [3.63, 3.8) is 0 Å². The molecular formula is C17H16BrFO. The summed E-state index contributed by atoms with van der Waals surface area (Å²) in [7, 11) is 0. The Morgan fingerprint density at radius 3 is 2.25 bits per heavy atom. The van der Waals surface area contributed by atoms with Gasteiger partial charge in [-0.15, -0.1) is 0 Å². The third-order valence-electron chi connectivity index (χ3n) is 3.18. The predicted octanol–water partition coefficient (Wildman–Crippen LogP) is 5.12. The highest BCUT2D eigenvalue weighted by molar-refractivity contribution is 9.10. The Labute approximate surface area is 127 Å². The zero-order valence-electron chi connectivity index (χ0n) is 11.7. The maximum Gasteiger partial charge on any atom is 0.196 e. The van der Waals surface area contributed by atoms with E-state index in [0.717, 1.165) is 5.56 Å². The molecule has 0 saturated carbocycles. The molecular weight excluding hydrogens is 319 g/mol. The lowest BCUT2D eigenvalue weighted by molar-refractivity contribution is 0.103. The van der Waals surface area contributed by atoms with Crippen LogP contribution in [-0.4, -0.2) is 5.78 Å². The van der Waals surface area contributed by atoms with Gasteiger partial charge >= 0.3 is 0 Å². The predicted molar refractivity (Wildman–Crippen MR) is 82.7 cm³/mol. The van der Waals surface area contributed by atoms with Crippen molar-refractivity contribution in [2.24, 2.45) is 0 Å². The van der Waals surface area contributed by atoms with E-state index in [2.05, 4.69) is 15.9 Å². The van der Waals surface area contributed by atoms with Crippen LogP contribution in [-0.2, 0) is 5.41 Å². The minimum atomic E-state index is -0.513. The van der Waals surface area contributed by atoms with E-state index in [4.69, 9.17) is 0 Å². The fourth-order valence-electron chi connectivity index (χ4n) is 2.16. The molecule has 2 aromatic carbocycles. The number of carbonyl (C=O) groups excluding carboxylic acids is 1. The number of hydrogen-bond donors (Lipinski definition) is 0. The molecule has 0 amide bonds. The number of halogens is 2.